The molecule has 168 valence electrons. The molecular formula is C25H28FN3O3. The summed E-state index contributed by atoms with van der Waals surface area (Å²) in [4.78, 5) is 14.4. The van der Waals surface area contributed by atoms with Crippen LogP contribution >= 0.6 is 0 Å². The third-order valence-corrected chi connectivity index (χ3v) is 6.64. The first-order valence-corrected chi connectivity index (χ1v) is 11.4. The monoisotopic (exact) mass is 437 g/mol. The fraction of sp³-hybridized carbons (Fsp3) is 0.440. The topological polar surface area (TPSA) is 67.6 Å². The number of nitrogens with zero attached hydrogens (tertiary/aromatic N) is 2. The number of halogens is 1. The number of nitrogens with one attached hydrogen (secondary N) is 1. The molecule has 2 aromatic carbocycles. The largest absolute Gasteiger partial charge is 0.493 e. The van der Waals surface area contributed by atoms with Gasteiger partial charge in [-0.05, 0) is 62.5 Å². The smallest absolute Gasteiger partial charge is 0.227 e. The second-order valence-corrected chi connectivity index (χ2v) is 8.94. The predicted molar refractivity (Wildman–Crippen MR) is 120 cm³/mol. The van der Waals surface area contributed by atoms with Crippen molar-refractivity contribution in [3.05, 3.63) is 53.5 Å². The second kappa shape index (κ2) is 8.90. The lowest BCUT2D eigenvalue weighted by Gasteiger charge is -2.31. The molecule has 6 nitrogen and oxygen atoms in total. The van der Waals surface area contributed by atoms with Crippen LogP contribution in [-0.4, -0.2) is 42.2 Å². The maximum absolute atomic E-state index is 13.4. The van der Waals surface area contributed by atoms with Crippen LogP contribution in [0.5, 0.6) is 5.75 Å². The average Bonchev–Trinajstić information content (AvgIpc) is 3.21. The van der Waals surface area contributed by atoms with Crippen LogP contribution in [0, 0.1) is 11.7 Å². The number of aromatic nitrogens is 1. The van der Waals surface area contributed by atoms with Gasteiger partial charge in [-0.2, -0.15) is 0 Å². The van der Waals surface area contributed by atoms with E-state index in [0.29, 0.717) is 18.1 Å². The van der Waals surface area contributed by atoms with Crippen LogP contribution in [-0.2, 0) is 11.2 Å². The first kappa shape index (κ1) is 20.9. The molecule has 1 atom stereocenters. The van der Waals surface area contributed by atoms with Crippen molar-refractivity contribution >= 4 is 22.6 Å². The Morgan fingerprint density at radius 2 is 2.06 bits per heavy atom. The fourth-order valence-electron chi connectivity index (χ4n) is 4.75. The van der Waals surface area contributed by atoms with Gasteiger partial charge in [0.15, 0.2) is 5.58 Å². The zero-order chi connectivity index (χ0) is 22.1. The van der Waals surface area contributed by atoms with Crippen LogP contribution in [0.4, 0.5) is 10.1 Å². The first-order chi connectivity index (χ1) is 15.6. The molecule has 3 aromatic rings. The van der Waals surface area contributed by atoms with Crippen molar-refractivity contribution in [1.82, 2.24) is 10.1 Å². The number of piperidine rings is 1. The van der Waals surface area contributed by atoms with Crippen molar-refractivity contribution in [3.8, 4) is 5.75 Å². The molecule has 7 heteroatoms. The lowest BCUT2D eigenvalue weighted by molar-refractivity contribution is -0.119. The average molecular weight is 438 g/mol. The van der Waals surface area contributed by atoms with Gasteiger partial charge in [-0.15, -0.1) is 0 Å². The van der Waals surface area contributed by atoms with E-state index in [1.165, 1.54) is 12.1 Å². The summed E-state index contributed by atoms with van der Waals surface area (Å²) in [5.74, 6) is 0.939. The van der Waals surface area contributed by atoms with Gasteiger partial charge < -0.3 is 19.5 Å². The van der Waals surface area contributed by atoms with E-state index in [-0.39, 0.29) is 17.6 Å². The molecule has 0 spiro atoms. The molecule has 32 heavy (non-hydrogen) atoms. The van der Waals surface area contributed by atoms with E-state index in [1.54, 1.807) is 6.07 Å². The molecule has 1 aromatic heterocycles. The van der Waals surface area contributed by atoms with E-state index in [0.717, 1.165) is 73.4 Å². The van der Waals surface area contributed by atoms with Crippen molar-refractivity contribution in [1.29, 1.82) is 0 Å². The number of anilines is 1. The quantitative estimate of drug-likeness (QED) is 0.564. The fourth-order valence-corrected chi connectivity index (χ4v) is 4.75. The van der Waals surface area contributed by atoms with Crippen molar-refractivity contribution in [2.75, 3.05) is 31.6 Å². The molecule has 2 aliphatic rings. The van der Waals surface area contributed by atoms with Gasteiger partial charge in [0.2, 0.25) is 5.91 Å². The summed E-state index contributed by atoms with van der Waals surface area (Å²) >= 11 is 0. The Morgan fingerprint density at radius 1 is 1.22 bits per heavy atom. The molecule has 0 aliphatic carbocycles. The van der Waals surface area contributed by atoms with Crippen LogP contribution in [0.2, 0.25) is 0 Å². The highest BCUT2D eigenvalue weighted by Gasteiger charge is 2.25. The van der Waals surface area contributed by atoms with Crippen molar-refractivity contribution < 1.29 is 18.4 Å². The number of likely N-dealkylation sites (tertiary alicyclic amines) is 1. The number of hydrogen-bond donors (Lipinski definition) is 1. The van der Waals surface area contributed by atoms with E-state index in [2.05, 4.69) is 15.4 Å². The molecule has 1 unspecified atom stereocenters. The van der Waals surface area contributed by atoms with Crippen LogP contribution in [0.3, 0.4) is 0 Å². The van der Waals surface area contributed by atoms with Gasteiger partial charge >= 0.3 is 0 Å². The highest BCUT2D eigenvalue weighted by atomic mass is 19.1. The van der Waals surface area contributed by atoms with Crippen molar-refractivity contribution in [2.45, 2.75) is 38.5 Å². The summed E-state index contributed by atoms with van der Waals surface area (Å²) in [5.41, 5.74) is 3.51. The summed E-state index contributed by atoms with van der Waals surface area (Å²) in [6.45, 7) is 5.58. The molecule has 5 rings (SSSR count). The summed E-state index contributed by atoms with van der Waals surface area (Å²) in [5, 5.41) is 8.12. The number of carbonyl (C=O) groups is 1. The Balaban J connectivity index is 1.08. The summed E-state index contributed by atoms with van der Waals surface area (Å²) in [6.07, 6.45) is 3.75. The zero-order valence-electron chi connectivity index (χ0n) is 18.3. The van der Waals surface area contributed by atoms with E-state index in [4.69, 9.17) is 9.26 Å². The van der Waals surface area contributed by atoms with Gasteiger partial charge in [0, 0.05) is 41.6 Å². The van der Waals surface area contributed by atoms with Gasteiger partial charge in [0.25, 0.3) is 0 Å². The number of amides is 1. The lowest BCUT2D eigenvalue weighted by atomic mass is 9.91. The minimum absolute atomic E-state index is 0.0180. The summed E-state index contributed by atoms with van der Waals surface area (Å²) in [7, 11) is 0. The van der Waals surface area contributed by atoms with Crippen LogP contribution in [0.1, 0.15) is 43.4 Å². The Hall–Kier alpha value is -2.93. The molecule has 2 aliphatic heterocycles. The molecule has 1 amide bonds. The molecule has 1 N–H and O–H groups in total. The standard InChI is InChI=1S/C25H28FN3O3/c1-16-13-18-3-5-20(15-22(18)27-25(16)30)31-12-2-9-29-10-7-17(8-11-29)24-21-6-4-19(26)14-23(21)32-28-24/h3-6,14-17H,2,7-13H2,1H3,(H,27,30). The van der Waals surface area contributed by atoms with Crippen LogP contribution < -0.4 is 10.1 Å². The molecule has 0 saturated carbocycles. The SMILES string of the molecule is CC1Cc2ccc(OCCCN3CCC(c4noc5cc(F)ccc45)CC3)cc2NC1=O. The number of benzene rings is 2. The molecular weight excluding hydrogens is 409 g/mol. The maximum atomic E-state index is 13.4. The molecule has 1 saturated heterocycles. The normalized spacial score (nSPS) is 19.7. The lowest BCUT2D eigenvalue weighted by Crippen LogP contribution is -2.34. The van der Waals surface area contributed by atoms with E-state index < -0.39 is 0 Å². The zero-order valence-corrected chi connectivity index (χ0v) is 18.3. The maximum Gasteiger partial charge on any atom is 0.227 e. The Bertz CT molecular complexity index is 1120. The number of rotatable bonds is 6. The third-order valence-electron chi connectivity index (χ3n) is 6.64. The Labute approximate surface area is 186 Å². The van der Waals surface area contributed by atoms with Gasteiger partial charge in [-0.25, -0.2) is 4.39 Å². The van der Waals surface area contributed by atoms with Crippen molar-refractivity contribution in [3.63, 3.8) is 0 Å². The number of fused-ring (bicyclic) bond motifs is 2. The summed E-state index contributed by atoms with van der Waals surface area (Å²) in [6, 6.07) is 10.6. The van der Waals surface area contributed by atoms with E-state index in [9.17, 15) is 9.18 Å². The molecule has 1 fully saturated rings. The number of ether oxygens (including phenoxy) is 1. The highest BCUT2D eigenvalue weighted by Crippen LogP contribution is 2.33. The van der Waals surface area contributed by atoms with Gasteiger partial charge in [0.1, 0.15) is 11.6 Å². The second-order valence-electron chi connectivity index (χ2n) is 8.94. The highest BCUT2D eigenvalue weighted by molar-refractivity contribution is 5.95. The minimum atomic E-state index is -0.299. The van der Waals surface area contributed by atoms with Gasteiger partial charge in [-0.1, -0.05) is 18.1 Å². The third kappa shape index (κ3) is 4.35. The Morgan fingerprint density at radius 3 is 2.91 bits per heavy atom. The van der Waals surface area contributed by atoms with Gasteiger partial charge in [-0.3, -0.25) is 4.79 Å². The van der Waals surface area contributed by atoms with E-state index >= 15 is 0 Å². The molecule has 0 bridgehead atoms. The van der Waals surface area contributed by atoms with Crippen LogP contribution in [0.25, 0.3) is 11.0 Å². The predicted octanol–water partition coefficient (Wildman–Crippen LogP) is 4.75. The minimum Gasteiger partial charge on any atom is -0.493 e. The molecule has 0 radical (unpaired) electrons. The number of hydrogen-bond acceptors (Lipinski definition) is 5. The number of carbonyl (C=O) groups excluding carboxylic acids is 1. The Kier molecular flexibility index (Phi) is 5.83. The first-order valence-electron chi connectivity index (χ1n) is 11.4. The molecule has 3 heterocycles. The van der Waals surface area contributed by atoms with Crippen molar-refractivity contribution in [2.24, 2.45) is 5.92 Å². The van der Waals surface area contributed by atoms with Gasteiger partial charge in [0.05, 0.1) is 12.3 Å². The van der Waals surface area contributed by atoms with E-state index in [1.807, 2.05) is 25.1 Å². The van der Waals surface area contributed by atoms with Crippen LogP contribution in [0.15, 0.2) is 40.9 Å². The summed E-state index contributed by atoms with van der Waals surface area (Å²) < 4.78 is 24.6.